The van der Waals surface area contributed by atoms with E-state index in [-0.39, 0.29) is 11.3 Å². The van der Waals surface area contributed by atoms with E-state index >= 15 is 0 Å². The lowest BCUT2D eigenvalue weighted by Crippen LogP contribution is -2.40. The average molecular weight is 285 g/mol. The fourth-order valence-corrected chi connectivity index (χ4v) is 5.01. The summed E-state index contributed by atoms with van der Waals surface area (Å²) in [5.41, 5.74) is 0.986. The molecule has 1 aromatic heterocycles. The minimum atomic E-state index is -3.00. The first-order valence-corrected chi connectivity index (χ1v) is 8.72. The first kappa shape index (κ1) is 14.5. The molecule has 2 unspecified atom stereocenters. The molecule has 6 heteroatoms. The Hall–Kier alpha value is -0.880. The lowest BCUT2D eigenvalue weighted by molar-refractivity contribution is 0.437. The molecule has 0 aromatic carbocycles. The molecule has 1 N–H and O–H groups in total. The van der Waals surface area contributed by atoms with Gasteiger partial charge in [0.05, 0.1) is 22.7 Å². The van der Waals surface area contributed by atoms with Gasteiger partial charge in [0.25, 0.3) is 0 Å². The molecule has 0 aliphatic carbocycles. The number of hydrogen-bond acceptors (Lipinski definition) is 4. The van der Waals surface area contributed by atoms with Gasteiger partial charge in [0, 0.05) is 12.7 Å². The molecule has 19 heavy (non-hydrogen) atoms. The van der Waals surface area contributed by atoms with Crippen molar-refractivity contribution in [1.29, 1.82) is 0 Å². The fraction of sp³-hybridized carbons (Fsp3) is 0.769. The first-order chi connectivity index (χ1) is 9.10. The van der Waals surface area contributed by atoms with Gasteiger partial charge in [0.15, 0.2) is 9.84 Å². The van der Waals surface area contributed by atoms with E-state index in [1.54, 1.807) is 6.20 Å². The van der Waals surface area contributed by atoms with Crippen molar-refractivity contribution in [2.24, 2.45) is 0 Å². The van der Waals surface area contributed by atoms with Crippen LogP contribution in [0.3, 0.4) is 0 Å². The van der Waals surface area contributed by atoms with Crippen molar-refractivity contribution in [1.82, 2.24) is 15.1 Å². The maximum Gasteiger partial charge on any atom is 0.155 e. The average Bonchev–Trinajstić information content (AvgIpc) is 2.81. The van der Waals surface area contributed by atoms with Gasteiger partial charge in [-0.15, -0.1) is 0 Å². The third kappa shape index (κ3) is 3.00. The molecule has 1 aliphatic rings. The lowest BCUT2D eigenvalue weighted by Gasteiger charge is -2.30. The molecule has 0 amide bonds. The number of hydrogen-bond donors (Lipinski definition) is 1. The Morgan fingerprint density at radius 3 is 2.95 bits per heavy atom. The van der Waals surface area contributed by atoms with Crippen LogP contribution in [0, 0.1) is 0 Å². The van der Waals surface area contributed by atoms with Gasteiger partial charge in [-0.2, -0.15) is 5.10 Å². The summed E-state index contributed by atoms with van der Waals surface area (Å²) in [5.74, 6) is 0.317. The molecule has 1 aromatic rings. The SMILES string of the molecule is CCCn1nccc1C(NC)C1CCCCS1(=O)=O. The first-order valence-electron chi connectivity index (χ1n) is 7.00. The van der Waals surface area contributed by atoms with Crippen LogP contribution in [0.5, 0.6) is 0 Å². The van der Waals surface area contributed by atoms with Crippen LogP contribution in [0.2, 0.25) is 0 Å². The quantitative estimate of drug-likeness (QED) is 0.891. The topological polar surface area (TPSA) is 64.0 Å². The third-order valence-electron chi connectivity index (χ3n) is 3.82. The number of nitrogens with one attached hydrogen (secondary N) is 1. The molecule has 0 radical (unpaired) electrons. The molecule has 1 aliphatic heterocycles. The molecule has 1 saturated heterocycles. The normalized spacial score (nSPS) is 24.2. The Kier molecular flexibility index (Phi) is 4.62. The zero-order valence-electron chi connectivity index (χ0n) is 11.7. The van der Waals surface area contributed by atoms with Crippen molar-refractivity contribution in [2.75, 3.05) is 12.8 Å². The smallest absolute Gasteiger partial charge is 0.155 e. The summed E-state index contributed by atoms with van der Waals surface area (Å²) < 4.78 is 26.5. The van der Waals surface area contributed by atoms with Gasteiger partial charge in [0.2, 0.25) is 0 Å². The zero-order chi connectivity index (χ0) is 13.9. The van der Waals surface area contributed by atoms with Crippen LogP contribution >= 0.6 is 0 Å². The molecule has 0 saturated carbocycles. The fourth-order valence-electron chi connectivity index (χ4n) is 2.88. The van der Waals surface area contributed by atoms with Crippen LogP contribution in [-0.2, 0) is 16.4 Å². The maximum atomic E-state index is 12.3. The van der Waals surface area contributed by atoms with E-state index in [0.717, 1.165) is 37.9 Å². The van der Waals surface area contributed by atoms with Crippen LogP contribution in [0.15, 0.2) is 12.3 Å². The van der Waals surface area contributed by atoms with Crippen LogP contribution in [-0.4, -0.2) is 36.2 Å². The number of aryl methyl sites for hydroxylation is 1. The van der Waals surface area contributed by atoms with Gasteiger partial charge in [0.1, 0.15) is 0 Å². The van der Waals surface area contributed by atoms with E-state index < -0.39 is 9.84 Å². The van der Waals surface area contributed by atoms with Crippen molar-refractivity contribution in [3.63, 3.8) is 0 Å². The Bertz CT molecular complexity index is 510. The highest BCUT2D eigenvalue weighted by atomic mass is 32.2. The standard InChI is InChI=1S/C13H23N3O2S/c1-3-9-16-11(7-8-15-16)13(14-2)12-6-4-5-10-19(12,17)18/h7-8,12-14H,3-6,9-10H2,1-2H3. The predicted molar refractivity (Wildman–Crippen MR) is 75.7 cm³/mol. The van der Waals surface area contributed by atoms with Crippen molar-refractivity contribution in [3.05, 3.63) is 18.0 Å². The Morgan fingerprint density at radius 1 is 1.53 bits per heavy atom. The molecule has 5 nitrogen and oxygen atoms in total. The van der Waals surface area contributed by atoms with Crippen molar-refractivity contribution in [2.45, 2.75) is 50.4 Å². The number of aromatic nitrogens is 2. The van der Waals surface area contributed by atoms with Crippen molar-refractivity contribution < 1.29 is 8.42 Å². The zero-order valence-corrected chi connectivity index (χ0v) is 12.5. The van der Waals surface area contributed by atoms with Gasteiger partial charge in [-0.3, -0.25) is 4.68 Å². The van der Waals surface area contributed by atoms with Gasteiger partial charge >= 0.3 is 0 Å². The second-order valence-electron chi connectivity index (χ2n) is 5.15. The van der Waals surface area contributed by atoms with E-state index in [1.807, 2.05) is 17.8 Å². The highest BCUT2D eigenvalue weighted by Gasteiger charge is 2.36. The summed E-state index contributed by atoms with van der Waals surface area (Å²) in [5, 5.41) is 7.17. The number of sulfone groups is 1. The molecule has 1 fully saturated rings. The van der Waals surface area contributed by atoms with E-state index in [0.29, 0.717) is 5.75 Å². The van der Waals surface area contributed by atoms with Gasteiger partial charge in [-0.1, -0.05) is 13.3 Å². The monoisotopic (exact) mass is 285 g/mol. The van der Waals surface area contributed by atoms with Crippen LogP contribution in [0.1, 0.15) is 44.3 Å². The van der Waals surface area contributed by atoms with E-state index in [9.17, 15) is 8.42 Å². The summed E-state index contributed by atoms with van der Waals surface area (Å²) in [6, 6.07) is 1.78. The van der Waals surface area contributed by atoms with Crippen molar-refractivity contribution in [3.8, 4) is 0 Å². The summed E-state index contributed by atoms with van der Waals surface area (Å²) in [7, 11) is -1.16. The Morgan fingerprint density at radius 2 is 2.32 bits per heavy atom. The summed E-state index contributed by atoms with van der Waals surface area (Å²) >= 11 is 0. The highest BCUT2D eigenvalue weighted by Crippen LogP contribution is 2.30. The third-order valence-corrected chi connectivity index (χ3v) is 6.10. The Labute approximate surface area is 115 Å². The second kappa shape index (κ2) is 6.05. The molecule has 2 atom stereocenters. The predicted octanol–water partition coefficient (Wildman–Crippen LogP) is 1.52. The largest absolute Gasteiger partial charge is 0.311 e. The lowest BCUT2D eigenvalue weighted by atomic mass is 10.0. The van der Waals surface area contributed by atoms with Crippen molar-refractivity contribution >= 4 is 9.84 Å². The Balaban J connectivity index is 2.30. The van der Waals surface area contributed by atoms with Crippen LogP contribution in [0.25, 0.3) is 0 Å². The molecule has 0 bridgehead atoms. The summed E-state index contributed by atoms with van der Waals surface area (Å²) in [4.78, 5) is 0. The maximum absolute atomic E-state index is 12.3. The van der Waals surface area contributed by atoms with Gasteiger partial charge in [-0.25, -0.2) is 8.42 Å². The van der Waals surface area contributed by atoms with E-state index in [4.69, 9.17) is 0 Å². The van der Waals surface area contributed by atoms with Gasteiger partial charge in [-0.05, 0) is 32.4 Å². The molecule has 2 heterocycles. The van der Waals surface area contributed by atoms with Crippen LogP contribution in [0.4, 0.5) is 0 Å². The van der Waals surface area contributed by atoms with E-state index in [1.165, 1.54) is 0 Å². The minimum Gasteiger partial charge on any atom is -0.311 e. The number of rotatable bonds is 5. The van der Waals surface area contributed by atoms with Crippen LogP contribution < -0.4 is 5.32 Å². The molecule has 2 rings (SSSR count). The highest BCUT2D eigenvalue weighted by molar-refractivity contribution is 7.92. The van der Waals surface area contributed by atoms with Gasteiger partial charge < -0.3 is 5.32 Å². The molecule has 0 spiro atoms. The number of nitrogens with zero attached hydrogens (tertiary/aromatic N) is 2. The summed E-state index contributed by atoms with van der Waals surface area (Å²) in [6.07, 6.45) is 5.27. The second-order valence-corrected chi connectivity index (χ2v) is 7.49. The van der Waals surface area contributed by atoms with E-state index in [2.05, 4.69) is 17.3 Å². The summed E-state index contributed by atoms with van der Waals surface area (Å²) in [6.45, 7) is 2.92. The molecular formula is C13H23N3O2S. The molecular weight excluding hydrogens is 262 g/mol. The minimum absolute atomic E-state index is 0.153. The molecule has 108 valence electrons.